The Morgan fingerprint density at radius 3 is 2.16 bits per heavy atom. The van der Waals surface area contributed by atoms with Crippen molar-refractivity contribution in [3.63, 3.8) is 0 Å². The number of ether oxygens (including phenoxy) is 1. The third-order valence-corrected chi connectivity index (χ3v) is 2.36. The Bertz CT molecular complexity index is 349. The average molecular weight is 274 g/mol. The number of hydrogen-bond donors (Lipinski definition) is 3. The van der Waals surface area contributed by atoms with Gasteiger partial charge in [-0.15, -0.1) is 0 Å². The highest BCUT2D eigenvalue weighted by Gasteiger charge is 2.24. The Kier molecular flexibility index (Phi) is 6.31. The van der Waals surface area contributed by atoms with Gasteiger partial charge in [-0.25, -0.2) is 9.59 Å². The molecule has 0 saturated carbocycles. The van der Waals surface area contributed by atoms with Crippen molar-refractivity contribution in [2.75, 3.05) is 0 Å². The first-order valence-corrected chi connectivity index (χ1v) is 6.04. The Hall–Kier alpha value is -1.79. The lowest BCUT2D eigenvalue weighted by molar-refractivity contribution is -0.140. The van der Waals surface area contributed by atoms with Gasteiger partial charge in [0.05, 0.1) is 0 Å². The first-order valence-electron chi connectivity index (χ1n) is 6.04. The molecule has 0 rings (SSSR count). The fourth-order valence-corrected chi connectivity index (χ4v) is 1.27. The molecule has 0 radical (unpaired) electrons. The summed E-state index contributed by atoms with van der Waals surface area (Å²) in [6.07, 6.45) is -0.410. The molecule has 110 valence electrons. The second kappa shape index (κ2) is 6.96. The van der Waals surface area contributed by atoms with E-state index in [-0.39, 0.29) is 12.8 Å². The van der Waals surface area contributed by atoms with Crippen molar-refractivity contribution in [3.8, 4) is 0 Å². The third kappa shape index (κ3) is 8.01. The number of primary amides is 1. The van der Waals surface area contributed by atoms with Crippen LogP contribution < -0.4 is 11.1 Å². The van der Waals surface area contributed by atoms with Crippen LogP contribution in [-0.4, -0.2) is 34.7 Å². The molecule has 1 unspecified atom stereocenters. The average Bonchev–Trinajstić information content (AvgIpc) is 2.20. The number of carbonyl (C=O) groups excluding carboxylic acids is 2. The van der Waals surface area contributed by atoms with E-state index in [0.717, 1.165) is 0 Å². The van der Waals surface area contributed by atoms with Gasteiger partial charge in [-0.05, 0) is 33.6 Å². The molecular formula is C12H22N2O5. The van der Waals surface area contributed by atoms with E-state index in [0.29, 0.717) is 0 Å². The van der Waals surface area contributed by atoms with Crippen LogP contribution in [-0.2, 0) is 14.3 Å². The van der Waals surface area contributed by atoms with Crippen LogP contribution in [0.2, 0.25) is 0 Å². The largest absolute Gasteiger partial charge is 0.480 e. The molecule has 7 nitrogen and oxygen atoms in total. The number of rotatable bonds is 6. The lowest BCUT2D eigenvalue weighted by Crippen LogP contribution is -2.43. The van der Waals surface area contributed by atoms with Crippen LogP contribution in [0.1, 0.15) is 40.5 Å². The molecule has 0 aliphatic rings. The van der Waals surface area contributed by atoms with Crippen LogP contribution >= 0.6 is 0 Å². The first kappa shape index (κ1) is 17.2. The summed E-state index contributed by atoms with van der Waals surface area (Å²) in [5.41, 5.74) is 4.38. The summed E-state index contributed by atoms with van der Waals surface area (Å²) in [7, 11) is 0. The summed E-state index contributed by atoms with van der Waals surface area (Å²) in [5.74, 6) is -2.12. The van der Waals surface area contributed by atoms with Gasteiger partial charge in [0.15, 0.2) is 0 Å². The Labute approximate surface area is 112 Å². The fourth-order valence-electron chi connectivity index (χ4n) is 1.27. The molecular weight excluding hydrogens is 252 g/mol. The van der Waals surface area contributed by atoms with E-state index in [1.165, 1.54) is 0 Å². The second-order valence-electron chi connectivity index (χ2n) is 5.42. The monoisotopic (exact) mass is 274 g/mol. The van der Waals surface area contributed by atoms with Crippen molar-refractivity contribution in [3.05, 3.63) is 0 Å². The number of carboxylic acid groups (broad SMARTS) is 1. The summed E-state index contributed by atoms with van der Waals surface area (Å²) >= 11 is 0. The maximum absolute atomic E-state index is 11.5. The molecule has 0 saturated heterocycles. The molecule has 0 heterocycles. The molecule has 0 aliphatic carbocycles. The fraction of sp³-hybridized carbons (Fsp3) is 0.750. The first-order chi connectivity index (χ1) is 8.53. The summed E-state index contributed by atoms with van der Waals surface area (Å²) in [6.45, 7) is 6.64. The molecule has 0 fully saturated rings. The van der Waals surface area contributed by atoms with Crippen LogP contribution in [0.3, 0.4) is 0 Å². The maximum atomic E-state index is 11.5. The van der Waals surface area contributed by atoms with Crippen molar-refractivity contribution >= 4 is 18.0 Å². The van der Waals surface area contributed by atoms with Gasteiger partial charge in [-0.2, -0.15) is 0 Å². The number of carboxylic acids is 1. The van der Waals surface area contributed by atoms with Crippen LogP contribution in [0, 0.1) is 5.92 Å². The summed E-state index contributed by atoms with van der Waals surface area (Å²) < 4.78 is 4.97. The zero-order valence-electron chi connectivity index (χ0n) is 11.7. The lowest BCUT2D eigenvalue weighted by atomic mass is 10.0. The van der Waals surface area contributed by atoms with Gasteiger partial charge >= 0.3 is 12.1 Å². The van der Waals surface area contributed by atoms with Crippen molar-refractivity contribution in [1.29, 1.82) is 0 Å². The summed E-state index contributed by atoms with van der Waals surface area (Å²) in [5, 5.41) is 11.2. The Morgan fingerprint density at radius 2 is 1.79 bits per heavy atom. The number of nitrogens with two attached hydrogens (primary N) is 1. The van der Waals surface area contributed by atoms with E-state index >= 15 is 0 Å². The highest BCUT2D eigenvalue weighted by atomic mass is 16.6. The summed E-state index contributed by atoms with van der Waals surface area (Å²) in [6, 6.07) is -1.10. The Balaban J connectivity index is 4.39. The normalized spacial score (nSPS) is 14.3. The van der Waals surface area contributed by atoms with E-state index in [4.69, 9.17) is 15.6 Å². The van der Waals surface area contributed by atoms with Crippen LogP contribution in [0.4, 0.5) is 4.79 Å². The number of amides is 2. The lowest BCUT2D eigenvalue weighted by Gasteiger charge is -2.22. The van der Waals surface area contributed by atoms with E-state index in [2.05, 4.69) is 5.32 Å². The smallest absolute Gasteiger partial charge is 0.408 e. The van der Waals surface area contributed by atoms with Gasteiger partial charge in [-0.3, -0.25) is 4.79 Å². The van der Waals surface area contributed by atoms with Gasteiger partial charge in [0.1, 0.15) is 11.6 Å². The van der Waals surface area contributed by atoms with Crippen molar-refractivity contribution < 1.29 is 24.2 Å². The minimum Gasteiger partial charge on any atom is -0.480 e. The van der Waals surface area contributed by atoms with Crippen LogP contribution in [0.5, 0.6) is 0 Å². The topological polar surface area (TPSA) is 119 Å². The molecule has 0 aromatic heterocycles. The molecule has 0 spiro atoms. The molecule has 19 heavy (non-hydrogen) atoms. The predicted molar refractivity (Wildman–Crippen MR) is 68.4 cm³/mol. The standard InChI is InChI=1S/C12H22N2O5/c1-7(9(13)15)5-6-8(10(16)17)14-11(18)19-12(2,3)4/h7-8H,5-6H2,1-4H3,(H2,13,15)(H,14,18)(H,16,17)/t7?,8-/m0/s1. The molecule has 2 atom stereocenters. The highest BCUT2D eigenvalue weighted by molar-refractivity contribution is 5.80. The molecule has 0 aliphatic heterocycles. The molecule has 4 N–H and O–H groups in total. The maximum Gasteiger partial charge on any atom is 0.408 e. The van der Waals surface area contributed by atoms with Crippen molar-refractivity contribution in [2.24, 2.45) is 11.7 Å². The summed E-state index contributed by atoms with van der Waals surface area (Å²) in [4.78, 5) is 33.3. The number of hydrogen-bond acceptors (Lipinski definition) is 4. The number of carbonyl (C=O) groups is 3. The highest BCUT2D eigenvalue weighted by Crippen LogP contribution is 2.10. The van der Waals surface area contributed by atoms with E-state index in [1.54, 1.807) is 27.7 Å². The minimum absolute atomic E-state index is 0.110. The van der Waals surface area contributed by atoms with Crippen molar-refractivity contribution in [2.45, 2.75) is 52.2 Å². The zero-order valence-corrected chi connectivity index (χ0v) is 11.7. The van der Waals surface area contributed by atoms with Crippen LogP contribution in [0.25, 0.3) is 0 Å². The van der Waals surface area contributed by atoms with Gasteiger partial charge in [0.25, 0.3) is 0 Å². The van der Waals surface area contributed by atoms with E-state index in [9.17, 15) is 14.4 Å². The van der Waals surface area contributed by atoms with Crippen LogP contribution in [0.15, 0.2) is 0 Å². The molecule has 2 amide bonds. The predicted octanol–water partition coefficient (Wildman–Crippen LogP) is 0.866. The second-order valence-corrected chi connectivity index (χ2v) is 5.42. The number of nitrogens with one attached hydrogen (secondary N) is 1. The van der Waals surface area contributed by atoms with Gasteiger partial charge in [0.2, 0.25) is 5.91 Å². The molecule has 7 heteroatoms. The number of aliphatic carboxylic acids is 1. The Morgan fingerprint density at radius 1 is 1.26 bits per heavy atom. The molecule has 0 bridgehead atoms. The van der Waals surface area contributed by atoms with E-state index < -0.39 is 35.5 Å². The molecule has 0 aromatic rings. The third-order valence-electron chi connectivity index (χ3n) is 2.36. The SMILES string of the molecule is CC(CC[C@H](NC(=O)OC(C)(C)C)C(=O)O)C(N)=O. The van der Waals surface area contributed by atoms with Crippen molar-refractivity contribution in [1.82, 2.24) is 5.32 Å². The molecule has 0 aromatic carbocycles. The number of alkyl carbamates (subject to hydrolysis) is 1. The minimum atomic E-state index is -1.18. The van der Waals surface area contributed by atoms with Gasteiger partial charge in [-0.1, -0.05) is 6.92 Å². The zero-order chi connectivity index (χ0) is 15.2. The quantitative estimate of drug-likeness (QED) is 0.664. The van der Waals surface area contributed by atoms with E-state index in [1.807, 2.05) is 0 Å². The van der Waals surface area contributed by atoms with Gasteiger partial charge < -0.3 is 20.9 Å². The van der Waals surface area contributed by atoms with Gasteiger partial charge in [0, 0.05) is 5.92 Å².